The zero-order valence-corrected chi connectivity index (χ0v) is 9.51. The number of carbonyl (C=O) groups excluding carboxylic acids is 1. The highest BCUT2D eigenvalue weighted by Gasteiger charge is 2.20. The van der Waals surface area contributed by atoms with Gasteiger partial charge in [-0.25, -0.2) is 0 Å². The topological polar surface area (TPSA) is 47.4 Å². The number of nitrogens with zero attached hydrogens (tertiary/aromatic N) is 3. The largest absolute Gasteiger partial charge is 0.488 e. The minimum atomic E-state index is -0.122. The lowest BCUT2D eigenvalue weighted by Gasteiger charge is -2.20. The summed E-state index contributed by atoms with van der Waals surface area (Å²) < 4.78 is 6.99. The van der Waals surface area contributed by atoms with Crippen LogP contribution >= 0.6 is 0 Å². The van der Waals surface area contributed by atoms with Crippen molar-refractivity contribution in [3.05, 3.63) is 24.1 Å². The van der Waals surface area contributed by atoms with Gasteiger partial charge < -0.3 is 4.74 Å². The molecule has 0 bridgehead atoms. The van der Waals surface area contributed by atoms with Crippen LogP contribution in [0.5, 0.6) is 0 Å². The van der Waals surface area contributed by atoms with Crippen LogP contribution in [-0.2, 0) is 16.6 Å². The second kappa shape index (κ2) is 4.38. The standard InChI is InChI=1S/C11H15N3O2/c1-13(10-6-7-12-14(10)2)11(15)9-5-3-4-8-16-9/h5-7H,3-4,8H2,1-2H3. The van der Waals surface area contributed by atoms with E-state index >= 15 is 0 Å². The number of rotatable bonds is 2. The molecule has 0 N–H and O–H groups in total. The molecular formula is C11H15N3O2. The first-order chi connectivity index (χ1) is 7.70. The maximum Gasteiger partial charge on any atom is 0.293 e. The number of hydrogen-bond acceptors (Lipinski definition) is 3. The van der Waals surface area contributed by atoms with Crippen molar-refractivity contribution in [1.29, 1.82) is 0 Å². The molecule has 1 amide bonds. The summed E-state index contributed by atoms with van der Waals surface area (Å²) in [5.74, 6) is 1.07. The Labute approximate surface area is 94.3 Å². The zero-order chi connectivity index (χ0) is 11.5. The summed E-state index contributed by atoms with van der Waals surface area (Å²) in [7, 11) is 3.52. The Morgan fingerprint density at radius 1 is 1.62 bits per heavy atom. The van der Waals surface area contributed by atoms with Crippen molar-refractivity contribution in [2.45, 2.75) is 12.8 Å². The fraction of sp³-hybridized carbons (Fsp3) is 0.455. The lowest BCUT2D eigenvalue weighted by atomic mass is 10.2. The summed E-state index contributed by atoms with van der Waals surface area (Å²) in [4.78, 5) is 13.6. The number of amides is 1. The third-order valence-electron chi connectivity index (χ3n) is 2.59. The highest BCUT2D eigenvalue weighted by Crippen LogP contribution is 2.17. The third kappa shape index (κ3) is 1.93. The minimum Gasteiger partial charge on any atom is -0.488 e. The Morgan fingerprint density at radius 3 is 3.00 bits per heavy atom. The van der Waals surface area contributed by atoms with Crippen LogP contribution in [0.3, 0.4) is 0 Å². The van der Waals surface area contributed by atoms with Gasteiger partial charge in [0.25, 0.3) is 5.91 Å². The van der Waals surface area contributed by atoms with Gasteiger partial charge in [-0.1, -0.05) is 0 Å². The molecule has 0 radical (unpaired) electrons. The number of allylic oxidation sites excluding steroid dienone is 1. The molecule has 0 fully saturated rings. The molecule has 0 atom stereocenters. The maximum absolute atomic E-state index is 12.0. The number of ether oxygens (including phenoxy) is 1. The van der Waals surface area contributed by atoms with E-state index in [1.165, 1.54) is 0 Å². The molecule has 1 aliphatic heterocycles. The first-order valence-electron chi connectivity index (χ1n) is 5.29. The van der Waals surface area contributed by atoms with Crippen LogP contribution in [0.15, 0.2) is 24.1 Å². The highest BCUT2D eigenvalue weighted by atomic mass is 16.5. The fourth-order valence-corrected chi connectivity index (χ4v) is 1.67. The van der Waals surface area contributed by atoms with Gasteiger partial charge in [-0.3, -0.25) is 14.4 Å². The molecule has 0 aromatic carbocycles. The van der Waals surface area contributed by atoms with Crippen molar-refractivity contribution in [1.82, 2.24) is 9.78 Å². The van der Waals surface area contributed by atoms with Crippen molar-refractivity contribution in [3.63, 3.8) is 0 Å². The van der Waals surface area contributed by atoms with Gasteiger partial charge in [0.15, 0.2) is 5.76 Å². The normalized spacial score (nSPS) is 15.2. The molecule has 86 valence electrons. The lowest BCUT2D eigenvalue weighted by molar-refractivity contribution is -0.118. The highest BCUT2D eigenvalue weighted by molar-refractivity contribution is 6.03. The summed E-state index contributed by atoms with van der Waals surface area (Å²) in [5.41, 5.74) is 0. The molecule has 0 spiro atoms. The Hall–Kier alpha value is -1.78. The molecule has 1 aliphatic rings. The Bertz CT molecular complexity index is 423. The van der Waals surface area contributed by atoms with Crippen molar-refractivity contribution in [2.24, 2.45) is 7.05 Å². The van der Waals surface area contributed by atoms with Crippen molar-refractivity contribution in [3.8, 4) is 0 Å². The molecule has 0 saturated carbocycles. The van der Waals surface area contributed by atoms with E-state index in [1.54, 1.807) is 35.9 Å². The van der Waals surface area contributed by atoms with E-state index in [9.17, 15) is 4.79 Å². The van der Waals surface area contributed by atoms with Crippen LogP contribution < -0.4 is 4.90 Å². The Balaban J connectivity index is 2.16. The first kappa shape index (κ1) is 10.7. The summed E-state index contributed by atoms with van der Waals surface area (Å²) in [6.45, 7) is 0.622. The molecule has 0 aliphatic carbocycles. The molecule has 0 unspecified atom stereocenters. The van der Waals surface area contributed by atoms with E-state index in [4.69, 9.17) is 4.74 Å². The van der Waals surface area contributed by atoms with Crippen molar-refractivity contribution >= 4 is 11.7 Å². The van der Waals surface area contributed by atoms with Crippen LogP contribution in [0.25, 0.3) is 0 Å². The molecule has 5 heteroatoms. The van der Waals surface area contributed by atoms with Gasteiger partial charge in [0.2, 0.25) is 0 Å². The second-order valence-electron chi connectivity index (χ2n) is 3.74. The van der Waals surface area contributed by atoms with E-state index in [0.29, 0.717) is 12.4 Å². The Morgan fingerprint density at radius 2 is 2.44 bits per heavy atom. The van der Waals surface area contributed by atoms with Gasteiger partial charge in [0.05, 0.1) is 12.8 Å². The average molecular weight is 221 g/mol. The molecule has 16 heavy (non-hydrogen) atoms. The summed E-state index contributed by atoms with van der Waals surface area (Å²) >= 11 is 0. The van der Waals surface area contributed by atoms with E-state index in [1.807, 2.05) is 6.08 Å². The van der Waals surface area contributed by atoms with E-state index in [2.05, 4.69) is 5.10 Å². The molecule has 2 heterocycles. The number of carbonyl (C=O) groups is 1. The van der Waals surface area contributed by atoms with Crippen LogP contribution in [0, 0.1) is 0 Å². The summed E-state index contributed by atoms with van der Waals surface area (Å²) in [6, 6.07) is 1.79. The lowest BCUT2D eigenvalue weighted by Crippen LogP contribution is -2.31. The third-order valence-corrected chi connectivity index (χ3v) is 2.59. The number of aryl methyl sites for hydroxylation is 1. The molecule has 0 saturated heterocycles. The SMILES string of the molecule is CN(C(=O)C1=CCCCO1)c1ccnn1C. The number of anilines is 1. The van der Waals surface area contributed by atoms with Crippen LogP contribution in [0.2, 0.25) is 0 Å². The van der Waals surface area contributed by atoms with E-state index < -0.39 is 0 Å². The van der Waals surface area contributed by atoms with Gasteiger partial charge in [0.1, 0.15) is 5.82 Å². The maximum atomic E-state index is 12.0. The Kier molecular flexibility index (Phi) is 2.94. The summed E-state index contributed by atoms with van der Waals surface area (Å²) in [5, 5.41) is 4.03. The number of aromatic nitrogens is 2. The second-order valence-corrected chi connectivity index (χ2v) is 3.74. The molecule has 5 nitrogen and oxygen atoms in total. The van der Waals surface area contributed by atoms with Gasteiger partial charge >= 0.3 is 0 Å². The van der Waals surface area contributed by atoms with Gasteiger partial charge in [-0.2, -0.15) is 5.10 Å². The molecule has 1 aromatic heterocycles. The van der Waals surface area contributed by atoms with Gasteiger partial charge in [-0.15, -0.1) is 0 Å². The monoisotopic (exact) mass is 221 g/mol. The van der Waals surface area contributed by atoms with Gasteiger partial charge in [-0.05, 0) is 18.9 Å². The van der Waals surface area contributed by atoms with E-state index in [-0.39, 0.29) is 5.91 Å². The zero-order valence-electron chi connectivity index (χ0n) is 9.51. The average Bonchev–Trinajstić information content (AvgIpc) is 2.75. The molecular weight excluding hydrogens is 206 g/mol. The van der Waals surface area contributed by atoms with Crippen molar-refractivity contribution < 1.29 is 9.53 Å². The first-order valence-corrected chi connectivity index (χ1v) is 5.29. The predicted octanol–water partition coefficient (Wildman–Crippen LogP) is 1.08. The number of hydrogen-bond donors (Lipinski definition) is 0. The van der Waals surface area contributed by atoms with Crippen molar-refractivity contribution in [2.75, 3.05) is 18.6 Å². The molecule has 2 rings (SSSR count). The fourth-order valence-electron chi connectivity index (χ4n) is 1.67. The quantitative estimate of drug-likeness (QED) is 0.750. The smallest absolute Gasteiger partial charge is 0.293 e. The number of likely N-dealkylation sites (N-methyl/N-ethyl adjacent to an activating group) is 1. The van der Waals surface area contributed by atoms with Crippen LogP contribution in [0.4, 0.5) is 5.82 Å². The van der Waals surface area contributed by atoms with Gasteiger partial charge in [0, 0.05) is 20.2 Å². The van der Waals surface area contributed by atoms with Crippen LogP contribution in [-0.4, -0.2) is 29.3 Å². The van der Waals surface area contributed by atoms with Crippen LogP contribution in [0.1, 0.15) is 12.8 Å². The minimum absolute atomic E-state index is 0.122. The molecule has 1 aromatic rings. The van der Waals surface area contributed by atoms with E-state index in [0.717, 1.165) is 18.7 Å². The predicted molar refractivity (Wildman–Crippen MR) is 59.9 cm³/mol. The summed E-state index contributed by atoms with van der Waals surface area (Å²) in [6.07, 6.45) is 5.39.